The molecule has 34 heavy (non-hydrogen) atoms. The molecular weight excluding hydrogens is 430 g/mol. The van der Waals surface area contributed by atoms with E-state index in [0.717, 1.165) is 50.6 Å². The second-order valence-corrected chi connectivity index (χ2v) is 9.80. The van der Waals surface area contributed by atoms with Crippen LogP contribution in [0.2, 0.25) is 0 Å². The highest BCUT2D eigenvalue weighted by atomic mass is 16.5. The molecule has 8 nitrogen and oxygen atoms in total. The first-order valence-corrected chi connectivity index (χ1v) is 12.6. The van der Waals surface area contributed by atoms with Gasteiger partial charge in [-0.3, -0.25) is 14.5 Å². The van der Waals surface area contributed by atoms with Crippen LogP contribution in [-0.2, 0) is 20.9 Å². The molecule has 2 amide bonds. The topological polar surface area (TPSA) is 70.9 Å². The van der Waals surface area contributed by atoms with Gasteiger partial charge < -0.3 is 19.1 Å². The van der Waals surface area contributed by atoms with E-state index in [0.29, 0.717) is 38.5 Å². The predicted molar refractivity (Wildman–Crippen MR) is 128 cm³/mol. The molecule has 3 fully saturated rings. The standard InChI is InChI=1S/C26H35N5O3/c32-25-8-4-12-29(25)13-5-14-30-18-23(34-20-21-9-10-21)17-28(19-26(30)33)16-22-6-3-15-31(22)24-7-1-2-11-27-24/h1-3,6-7,11,15,21,23H,4-5,8-10,12-14,16-20H2. The van der Waals surface area contributed by atoms with E-state index in [-0.39, 0.29) is 17.9 Å². The third kappa shape index (κ3) is 5.85. The molecule has 4 heterocycles. The van der Waals surface area contributed by atoms with Crippen molar-refractivity contribution in [1.29, 1.82) is 0 Å². The summed E-state index contributed by atoms with van der Waals surface area (Å²) < 4.78 is 8.39. The maximum atomic E-state index is 13.2. The number of carbonyl (C=O) groups is 2. The summed E-state index contributed by atoms with van der Waals surface area (Å²) in [5, 5.41) is 0. The lowest BCUT2D eigenvalue weighted by Gasteiger charge is -2.26. The summed E-state index contributed by atoms with van der Waals surface area (Å²) in [6, 6.07) is 10.0. The molecule has 2 aromatic heterocycles. The monoisotopic (exact) mass is 465 g/mol. The van der Waals surface area contributed by atoms with E-state index in [1.165, 1.54) is 12.8 Å². The summed E-state index contributed by atoms with van der Waals surface area (Å²) in [4.78, 5) is 35.7. The van der Waals surface area contributed by atoms with Crippen molar-refractivity contribution in [2.75, 3.05) is 45.9 Å². The quantitative estimate of drug-likeness (QED) is 0.539. The molecule has 0 aromatic carbocycles. The molecule has 2 saturated heterocycles. The molecular formula is C26H35N5O3. The second kappa shape index (κ2) is 10.7. The summed E-state index contributed by atoms with van der Waals surface area (Å²) in [5.74, 6) is 1.95. The van der Waals surface area contributed by atoms with Crippen LogP contribution in [0.4, 0.5) is 0 Å². The van der Waals surface area contributed by atoms with E-state index in [2.05, 4.69) is 20.5 Å². The van der Waals surface area contributed by atoms with Crippen molar-refractivity contribution in [2.24, 2.45) is 5.92 Å². The molecule has 1 saturated carbocycles. The van der Waals surface area contributed by atoms with Crippen molar-refractivity contribution in [3.05, 3.63) is 48.4 Å². The van der Waals surface area contributed by atoms with E-state index in [1.54, 1.807) is 6.20 Å². The van der Waals surface area contributed by atoms with Crippen molar-refractivity contribution in [1.82, 2.24) is 24.3 Å². The average Bonchev–Trinajstić information content (AvgIpc) is 3.45. The van der Waals surface area contributed by atoms with Gasteiger partial charge in [0.25, 0.3) is 0 Å². The normalized spacial score (nSPS) is 21.9. The number of amides is 2. The fraction of sp³-hybridized carbons (Fsp3) is 0.577. The van der Waals surface area contributed by atoms with Crippen molar-refractivity contribution >= 4 is 11.8 Å². The number of carbonyl (C=O) groups excluding carboxylic acids is 2. The first-order valence-electron chi connectivity index (χ1n) is 12.6. The third-order valence-electron chi connectivity index (χ3n) is 7.00. The van der Waals surface area contributed by atoms with Crippen LogP contribution in [0, 0.1) is 5.92 Å². The fourth-order valence-electron chi connectivity index (χ4n) is 4.93. The predicted octanol–water partition coefficient (Wildman–Crippen LogP) is 2.32. The SMILES string of the molecule is O=C1CCCN1CCCN1CC(OCC2CC2)CN(Cc2cccn2-c2ccccn2)CC1=O. The van der Waals surface area contributed by atoms with Crippen LogP contribution in [0.25, 0.3) is 5.82 Å². The zero-order chi connectivity index (χ0) is 23.3. The minimum atomic E-state index is -0.00117. The van der Waals surface area contributed by atoms with E-state index in [1.807, 2.05) is 40.3 Å². The van der Waals surface area contributed by atoms with Crippen molar-refractivity contribution in [2.45, 2.75) is 44.8 Å². The van der Waals surface area contributed by atoms with Gasteiger partial charge in [-0.05, 0) is 55.9 Å². The largest absolute Gasteiger partial charge is 0.375 e. The molecule has 1 unspecified atom stereocenters. The molecule has 1 aliphatic carbocycles. The maximum absolute atomic E-state index is 13.2. The number of ether oxygens (including phenoxy) is 1. The highest BCUT2D eigenvalue weighted by Gasteiger charge is 2.31. The van der Waals surface area contributed by atoms with Gasteiger partial charge in [-0.1, -0.05) is 6.07 Å². The number of likely N-dealkylation sites (tertiary alicyclic amines) is 1. The molecule has 0 radical (unpaired) electrons. The molecule has 2 aromatic rings. The Morgan fingerprint density at radius 2 is 1.88 bits per heavy atom. The number of aromatic nitrogens is 2. The Morgan fingerprint density at radius 1 is 1.00 bits per heavy atom. The van der Waals surface area contributed by atoms with Gasteiger partial charge in [-0.25, -0.2) is 4.98 Å². The van der Waals surface area contributed by atoms with Gasteiger partial charge >= 0.3 is 0 Å². The van der Waals surface area contributed by atoms with Crippen LogP contribution in [0.15, 0.2) is 42.7 Å². The summed E-state index contributed by atoms with van der Waals surface area (Å²) >= 11 is 0. The van der Waals surface area contributed by atoms with Crippen LogP contribution in [0.5, 0.6) is 0 Å². The van der Waals surface area contributed by atoms with Gasteiger partial charge in [0.05, 0.1) is 12.6 Å². The molecule has 3 aliphatic rings. The molecule has 2 aliphatic heterocycles. The second-order valence-electron chi connectivity index (χ2n) is 9.80. The Hall–Kier alpha value is -2.71. The van der Waals surface area contributed by atoms with Crippen LogP contribution in [0.3, 0.4) is 0 Å². The molecule has 0 spiro atoms. The Labute approximate surface area is 201 Å². The minimum Gasteiger partial charge on any atom is -0.375 e. The van der Waals surface area contributed by atoms with Gasteiger partial charge in [0.1, 0.15) is 5.82 Å². The smallest absolute Gasteiger partial charge is 0.236 e. The van der Waals surface area contributed by atoms with Gasteiger partial charge in [0.15, 0.2) is 0 Å². The van der Waals surface area contributed by atoms with Gasteiger partial charge in [0.2, 0.25) is 11.8 Å². The van der Waals surface area contributed by atoms with E-state index in [9.17, 15) is 9.59 Å². The summed E-state index contributed by atoms with van der Waals surface area (Å²) in [7, 11) is 0. The number of rotatable bonds is 10. The van der Waals surface area contributed by atoms with Gasteiger partial charge in [-0.15, -0.1) is 0 Å². The number of hydrogen-bond donors (Lipinski definition) is 0. The van der Waals surface area contributed by atoms with Crippen LogP contribution in [0.1, 0.15) is 37.8 Å². The molecule has 8 heteroatoms. The Balaban J connectivity index is 1.24. The zero-order valence-electron chi connectivity index (χ0n) is 19.8. The van der Waals surface area contributed by atoms with E-state index in [4.69, 9.17) is 4.74 Å². The van der Waals surface area contributed by atoms with Gasteiger partial charge in [0, 0.05) is 70.4 Å². The zero-order valence-corrected chi connectivity index (χ0v) is 19.8. The lowest BCUT2D eigenvalue weighted by Crippen LogP contribution is -2.40. The number of pyridine rings is 1. The lowest BCUT2D eigenvalue weighted by atomic mass is 10.2. The van der Waals surface area contributed by atoms with Crippen LogP contribution >= 0.6 is 0 Å². The Kier molecular flexibility index (Phi) is 7.25. The summed E-state index contributed by atoms with van der Waals surface area (Å²) in [5.41, 5.74) is 1.11. The summed E-state index contributed by atoms with van der Waals surface area (Å²) in [6.07, 6.45) is 8.74. The van der Waals surface area contributed by atoms with E-state index < -0.39 is 0 Å². The van der Waals surface area contributed by atoms with E-state index >= 15 is 0 Å². The Bertz CT molecular complexity index is 974. The molecule has 0 N–H and O–H groups in total. The van der Waals surface area contributed by atoms with Crippen molar-refractivity contribution < 1.29 is 14.3 Å². The molecule has 5 rings (SSSR count). The van der Waals surface area contributed by atoms with Crippen LogP contribution < -0.4 is 0 Å². The molecule has 182 valence electrons. The Morgan fingerprint density at radius 3 is 2.65 bits per heavy atom. The highest BCUT2D eigenvalue weighted by molar-refractivity contribution is 5.79. The van der Waals surface area contributed by atoms with Gasteiger partial charge in [-0.2, -0.15) is 0 Å². The van der Waals surface area contributed by atoms with Crippen LogP contribution in [-0.4, -0.2) is 88.0 Å². The number of nitrogens with zero attached hydrogens (tertiary/aromatic N) is 5. The maximum Gasteiger partial charge on any atom is 0.236 e. The fourth-order valence-corrected chi connectivity index (χ4v) is 4.93. The molecule has 0 bridgehead atoms. The third-order valence-corrected chi connectivity index (χ3v) is 7.00. The first kappa shape index (κ1) is 23.1. The average molecular weight is 466 g/mol. The highest BCUT2D eigenvalue weighted by Crippen LogP contribution is 2.29. The lowest BCUT2D eigenvalue weighted by molar-refractivity contribution is -0.132. The van der Waals surface area contributed by atoms with Crippen molar-refractivity contribution in [3.63, 3.8) is 0 Å². The summed E-state index contributed by atoms with van der Waals surface area (Å²) in [6.45, 7) is 5.43. The first-order chi connectivity index (χ1) is 16.7. The number of hydrogen-bond acceptors (Lipinski definition) is 5. The molecule has 1 atom stereocenters. The van der Waals surface area contributed by atoms with Crippen molar-refractivity contribution in [3.8, 4) is 5.82 Å². The minimum absolute atomic E-state index is 0.00117.